The van der Waals surface area contributed by atoms with E-state index in [1.807, 2.05) is 0 Å². The van der Waals surface area contributed by atoms with Gasteiger partial charge in [0.15, 0.2) is 11.6 Å². The second-order valence-corrected chi connectivity index (χ2v) is 3.56. The van der Waals surface area contributed by atoms with E-state index in [1.54, 1.807) is 6.92 Å². The summed E-state index contributed by atoms with van der Waals surface area (Å²) in [5.74, 6) is -3.22. The molecule has 1 heterocycles. The molecule has 1 N–H and O–H groups in total. The van der Waals surface area contributed by atoms with E-state index in [0.29, 0.717) is 0 Å². The molecule has 0 radical (unpaired) electrons. The average Bonchev–Trinajstić information content (AvgIpc) is 2.58. The minimum atomic E-state index is -1.13. The molecule has 0 fully saturated rings. The zero-order chi connectivity index (χ0) is 13.3. The van der Waals surface area contributed by atoms with Crippen molar-refractivity contribution in [3.05, 3.63) is 23.8 Å². The summed E-state index contributed by atoms with van der Waals surface area (Å²) in [6.07, 6.45) is 0. The van der Waals surface area contributed by atoms with Gasteiger partial charge in [-0.15, -0.1) is 0 Å². The monoisotopic (exact) mass is 256 g/mol. The van der Waals surface area contributed by atoms with Gasteiger partial charge in [-0.25, -0.2) is 8.78 Å². The molecule has 2 aromatic rings. The summed E-state index contributed by atoms with van der Waals surface area (Å²) < 4.78 is 32.5. The van der Waals surface area contributed by atoms with E-state index in [4.69, 9.17) is 9.84 Å². The van der Waals surface area contributed by atoms with Gasteiger partial charge in [-0.3, -0.25) is 9.36 Å². The van der Waals surface area contributed by atoms with Crippen LogP contribution in [0.4, 0.5) is 8.78 Å². The van der Waals surface area contributed by atoms with E-state index in [-0.39, 0.29) is 23.7 Å². The highest BCUT2D eigenvalue weighted by Crippen LogP contribution is 2.23. The number of imidazole rings is 1. The van der Waals surface area contributed by atoms with Crippen LogP contribution in [0.1, 0.15) is 6.92 Å². The molecule has 0 aliphatic heterocycles. The molecule has 0 bridgehead atoms. The number of carbonyl (C=O) groups is 1. The second-order valence-electron chi connectivity index (χ2n) is 3.56. The van der Waals surface area contributed by atoms with Crippen LogP contribution in [0, 0.1) is 11.6 Å². The largest absolute Gasteiger partial charge is 0.480 e. The lowest BCUT2D eigenvalue weighted by atomic mass is 10.3. The first kappa shape index (κ1) is 12.3. The Labute approximate surface area is 101 Å². The van der Waals surface area contributed by atoms with Crippen LogP contribution in [0.3, 0.4) is 0 Å². The summed E-state index contributed by atoms with van der Waals surface area (Å²) in [6.45, 7) is 1.54. The smallest absolute Gasteiger partial charge is 0.323 e. The lowest BCUT2D eigenvalue weighted by Crippen LogP contribution is -2.11. The number of carboxylic acid groups (broad SMARTS) is 1. The molecular formula is C11H10F2N2O3. The van der Waals surface area contributed by atoms with Gasteiger partial charge < -0.3 is 9.84 Å². The van der Waals surface area contributed by atoms with Crippen molar-refractivity contribution in [1.29, 1.82) is 0 Å². The molecule has 96 valence electrons. The normalized spacial score (nSPS) is 10.8. The molecule has 0 unspecified atom stereocenters. The van der Waals surface area contributed by atoms with Crippen LogP contribution in [0.5, 0.6) is 6.01 Å². The van der Waals surface area contributed by atoms with Gasteiger partial charge in [0, 0.05) is 12.1 Å². The summed E-state index contributed by atoms with van der Waals surface area (Å²) in [5, 5.41) is 8.79. The Morgan fingerprint density at radius 1 is 1.44 bits per heavy atom. The van der Waals surface area contributed by atoms with Gasteiger partial charge in [-0.1, -0.05) is 0 Å². The average molecular weight is 256 g/mol. The van der Waals surface area contributed by atoms with Crippen LogP contribution < -0.4 is 4.74 Å². The van der Waals surface area contributed by atoms with Gasteiger partial charge >= 0.3 is 5.97 Å². The third-order valence-corrected chi connectivity index (χ3v) is 2.32. The van der Waals surface area contributed by atoms with Crippen LogP contribution in [-0.4, -0.2) is 27.2 Å². The SMILES string of the molecule is CCOc1nc2cc(F)c(F)cc2n1CC(=O)O. The Kier molecular flexibility index (Phi) is 3.14. The van der Waals surface area contributed by atoms with Crippen LogP contribution >= 0.6 is 0 Å². The first-order chi connectivity index (χ1) is 8.52. The van der Waals surface area contributed by atoms with E-state index in [2.05, 4.69) is 4.98 Å². The number of ether oxygens (including phenoxy) is 1. The first-order valence-electron chi connectivity index (χ1n) is 5.22. The van der Waals surface area contributed by atoms with Gasteiger partial charge in [0.1, 0.15) is 6.54 Å². The number of nitrogens with zero attached hydrogens (tertiary/aromatic N) is 2. The molecule has 7 heteroatoms. The zero-order valence-corrected chi connectivity index (χ0v) is 9.48. The van der Waals surface area contributed by atoms with E-state index >= 15 is 0 Å². The number of halogens is 2. The molecule has 0 amide bonds. The molecule has 0 saturated carbocycles. The van der Waals surface area contributed by atoms with Crippen LogP contribution in [0.25, 0.3) is 11.0 Å². The molecule has 0 aliphatic rings. The zero-order valence-electron chi connectivity index (χ0n) is 9.48. The maximum absolute atomic E-state index is 13.2. The Morgan fingerprint density at radius 3 is 2.72 bits per heavy atom. The summed E-state index contributed by atoms with van der Waals surface area (Å²) in [6, 6.07) is 1.84. The van der Waals surface area contributed by atoms with Crippen LogP contribution in [-0.2, 0) is 11.3 Å². The predicted octanol–water partition coefficient (Wildman–Crippen LogP) is 1.80. The van der Waals surface area contributed by atoms with Gasteiger partial charge in [0.25, 0.3) is 6.01 Å². The molecule has 0 atom stereocenters. The summed E-state index contributed by atoms with van der Waals surface area (Å²) in [4.78, 5) is 14.7. The van der Waals surface area contributed by atoms with Gasteiger partial charge in [0.05, 0.1) is 17.6 Å². The molecule has 1 aromatic heterocycles. The number of hydrogen-bond donors (Lipinski definition) is 1. The third kappa shape index (κ3) is 2.11. The van der Waals surface area contributed by atoms with Crippen molar-refractivity contribution in [2.45, 2.75) is 13.5 Å². The van der Waals surface area contributed by atoms with Crippen molar-refractivity contribution in [1.82, 2.24) is 9.55 Å². The fraction of sp³-hybridized carbons (Fsp3) is 0.273. The van der Waals surface area contributed by atoms with Gasteiger partial charge in [-0.2, -0.15) is 4.98 Å². The van der Waals surface area contributed by atoms with E-state index in [1.165, 1.54) is 4.57 Å². The molecule has 0 saturated heterocycles. The standard InChI is InChI=1S/C11H10F2N2O3/c1-2-18-11-14-8-3-6(12)7(13)4-9(8)15(11)5-10(16)17/h3-4H,2,5H2,1H3,(H,16,17). The van der Waals surface area contributed by atoms with E-state index < -0.39 is 24.1 Å². The van der Waals surface area contributed by atoms with Crippen LogP contribution in [0.2, 0.25) is 0 Å². The highest BCUT2D eigenvalue weighted by atomic mass is 19.2. The van der Waals surface area contributed by atoms with Crippen molar-refractivity contribution in [2.24, 2.45) is 0 Å². The number of carboxylic acids is 1. The molecule has 0 aliphatic carbocycles. The number of benzene rings is 1. The number of aromatic nitrogens is 2. The first-order valence-corrected chi connectivity index (χ1v) is 5.22. The molecule has 5 nitrogen and oxygen atoms in total. The number of aliphatic carboxylic acids is 1. The summed E-state index contributed by atoms with van der Waals surface area (Å²) >= 11 is 0. The van der Waals surface area contributed by atoms with E-state index in [9.17, 15) is 13.6 Å². The second kappa shape index (κ2) is 4.59. The fourth-order valence-corrected chi connectivity index (χ4v) is 1.63. The highest BCUT2D eigenvalue weighted by Gasteiger charge is 2.16. The lowest BCUT2D eigenvalue weighted by molar-refractivity contribution is -0.137. The topological polar surface area (TPSA) is 64.4 Å². The molecule has 1 aromatic carbocycles. The number of rotatable bonds is 4. The molecule has 18 heavy (non-hydrogen) atoms. The number of hydrogen-bond acceptors (Lipinski definition) is 3. The number of fused-ring (bicyclic) bond motifs is 1. The Hall–Kier alpha value is -2.18. The van der Waals surface area contributed by atoms with E-state index in [0.717, 1.165) is 12.1 Å². The van der Waals surface area contributed by atoms with Crippen LogP contribution in [0.15, 0.2) is 12.1 Å². The minimum absolute atomic E-state index is 0.0277. The van der Waals surface area contributed by atoms with Crippen molar-refractivity contribution in [3.63, 3.8) is 0 Å². The van der Waals surface area contributed by atoms with Crippen molar-refractivity contribution >= 4 is 17.0 Å². The van der Waals surface area contributed by atoms with Gasteiger partial charge in [-0.05, 0) is 6.92 Å². The van der Waals surface area contributed by atoms with Crippen molar-refractivity contribution in [2.75, 3.05) is 6.61 Å². The van der Waals surface area contributed by atoms with Gasteiger partial charge in [0.2, 0.25) is 0 Å². The fourth-order valence-electron chi connectivity index (χ4n) is 1.63. The summed E-state index contributed by atoms with van der Waals surface area (Å²) in [5.41, 5.74) is 0.332. The van der Waals surface area contributed by atoms with Crippen molar-refractivity contribution < 1.29 is 23.4 Å². The Morgan fingerprint density at radius 2 is 2.11 bits per heavy atom. The maximum atomic E-state index is 13.2. The predicted molar refractivity (Wildman–Crippen MR) is 58.5 cm³/mol. The molecule has 2 rings (SSSR count). The summed E-state index contributed by atoms with van der Waals surface area (Å²) in [7, 11) is 0. The molecule has 0 spiro atoms. The lowest BCUT2D eigenvalue weighted by Gasteiger charge is -2.05. The molecular weight excluding hydrogens is 246 g/mol. The van der Waals surface area contributed by atoms with Crippen molar-refractivity contribution in [3.8, 4) is 6.01 Å². The minimum Gasteiger partial charge on any atom is -0.480 e. The highest BCUT2D eigenvalue weighted by molar-refractivity contribution is 5.79. The Balaban J connectivity index is 2.64. The third-order valence-electron chi connectivity index (χ3n) is 2.32. The maximum Gasteiger partial charge on any atom is 0.323 e. The quantitative estimate of drug-likeness (QED) is 0.905. The Bertz CT molecular complexity index is 610.